The van der Waals surface area contributed by atoms with Gasteiger partial charge in [0.25, 0.3) is 5.56 Å². The molecule has 42 heavy (non-hydrogen) atoms. The lowest BCUT2D eigenvalue weighted by Crippen LogP contribution is -2.50. The average molecular weight is 583 g/mol. The Labute approximate surface area is 240 Å². The zero-order chi connectivity index (χ0) is 30.2. The maximum atomic E-state index is 13.8. The summed E-state index contributed by atoms with van der Waals surface area (Å²) in [5.74, 6) is -2.53. The van der Waals surface area contributed by atoms with E-state index in [0.29, 0.717) is 11.2 Å². The summed E-state index contributed by atoms with van der Waals surface area (Å²) in [5.41, 5.74) is 7.27. The average Bonchev–Trinajstić information content (AvgIpc) is 3.30. The molecule has 1 aliphatic rings. The van der Waals surface area contributed by atoms with Gasteiger partial charge in [-0.25, -0.2) is 4.98 Å². The Morgan fingerprint density at radius 1 is 1.05 bits per heavy atom. The number of amides is 1. The molecule has 0 aliphatic carbocycles. The first-order valence-electron chi connectivity index (χ1n) is 13.8. The predicted octanol–water partition coefficient (Wildman–Crippen LogP) is 3.91. The molecule has 9 nitrogen and oxygen atoms in total. The largest absolute Gasteiger partial charge is 0.396 e. The third-order valence-electron chi connectivity index (χ3n) is 8.01. The molecular formula is C30H33F3N6O3. The number of piperidine rings is 1. The number of hydrogen-bond donors (Lipinski definition) is 2. The van der Waals surface area contributed by atoms with Gasteiger partial charge in [-0.3, -0.25) is 18.8 Å². The van der Waals surface area contributed by atoms with Crippen LogP contribution in [-0.4, -0.2) is 60.1 Å². The van der Waals surface area contributed by atoms with E-state index in [2.05, 4.69) is 10.1 Å². The third-order valence-corrected chi connectivity index (χ3v) is 8.01. The Kier molecular flexibility index (Phi) is 7.95. The quantitative estimate of drug-likeness (QED) is 0.341. The molecule has 1 unspecified atom stereocenters. The van der Waals surface area contributed by atoms with Gasteiger partial charge < -0.3 is 15.7 Å². The fourth-order valence-corrected chi connectivity index (χ4v) is 5.53. The van der Waals surface area contributed by atoms with Crippen LogP contribution in [0.5, 0.6) is 0 Å². The molecule has 5 rings (SSSR count). The van der Waals surface area contributed by atoms with Crippen molar-refractivity contribution < 1.29 is 23.1 Å². The standard InChI is InChI=1S/C30H33F3N6O3/c1-19(34)20-8-10-22(11-9-20)27-25-26(36-37(27)2)28(41)39(18-35-25)17-29(42)12-14-38(15-13-29)24(40)16-23(30(31,32)33)21-6-4-3-5-7-21/h3-11,18-19,23,42H,12-17,34H2,1-2H3/t19-,23?/m0/s1. The third kappa shape index (κ3) is 5.95. The first-order valence-corrected chi connectivity index (χ1v) is 13.8. The van der Waals surface area contributed by atoms with Crippen LogP contribution in [-0.2, 0) is 18.4 Å². The second-order valence-corrected chi connectivity index (χ2v) is 11.1. The number of nitrogens with two attached hydrogens (primary N) is 1. The van der Waals surface area contributed by atoms with Gasteiger partial charge in [-0.05, 0) is 30.9 Å². The highest BCUT2D eigenvalue weighted by molar-refractivity contribution is 5.89. The van der Waals surface area contributed by atoms with Crippen molar-refractivity contribution in [3.8, 4) is 11.3 Å². The number of hydrogen-bond acceptors (Lipinski definition) is 6. The van der Waals surface area contributed by atoms with Crippen molar-refractivity contribution >= 4 is 16.9 Å². The molecule has 0 saturated carbocycles. The normalized spacial score (nSPS) is 16.9. The fraction of sp³-hybridized carbons (Fsp3) is 0.400. The zero-order valence-corrected chi connectivity index (χ0v) is 23.4. The van der Waals surface area contributed by atoms with Gasteiger partial charge in [0.15, 0.2) is 5.52 Å². The molecule has 12 heteroatoms. The number of likely N-dealkylation sites (tertiary alicyclic amines) is 1. The number of carbonyl (C=O) groups is 1. The van der Waals surface area contributed by atoms with Crippen LogP contribution in [0, 0.1) is 0 Å². The van der Waals surface area contributed by atoms with Gasteiger partial charge in [-0.1, -0.05) is 54.6 Å². The molecule has 3 N–H and O–H groups in total. The number of aliphatic hydroxyl groups is 1. The number of halogens is 3. The Balaban J connectivity index is 1.29. The SMILES string of the molecule is C[C@H](N)c1ccc(-c2c3ncn(CC4(O)CCN(C(=O)CC(c5ccccc5)C(F)(F)F)CC4)c(=O)c3nn2C)cc1. The predicted molar refractivity (Wildman–Crippen MR) is 151 cm³/mol. The van der Waals surface area contributed by atoms with Crippen molar-refractivity contribution in [2.75, 3.05) is 13.1 Å². The van der Waals surface area contributed by atoms with E-state index in [1.807, 2.05) is 31.2 Å². The van der Waals surface area contributed by atoms with Gasteiger partial charge in [0.05, 0.1) is 30.1 Å². The van der Waals surface area contributed by atoms with E-state index in [1.165, 1.54) is 40.1 Å². The molecule has 2 aromatic heterocycles. The minimum atomic E-state index is -4.57. The van der Waals surface area contributed by atoms with E-state index in [9.17, 15) is 27.9 Å². The summed E-state index contributed by atoms with van der Waals surface area (Å²) in [6.45, 7) is 1.96. The van der Waals surface area contributed by atoms with Crippen LogP contribution in [0.1, 0.15) is 49.3 Å². The van der Waals surface area contributed by atoms with Crippen LogP contribution in [0.2, 0.25) is 0 Å². The number of alkyl halides is 3. The molecule has 0 radical (unpaired) electrons. The van der Waals surface area contributed by atoms with Crippen LogP contribution < -0.4 is 11.3 Å². The first kappa shape index (κ1) is 29.5. The molecule has 2 atom stereocenters. The van der Waals surface area contributed by atoms with Crippen molar-refractivity contribution in [1.82, 2.24) is 24.2 Å². The summed E-state index contributed by atoms with van der Waals surface area (Å²) >= 11 is 0. The second-order valence-electron chi connectivity index (χ2n) is 11.1. The molecule has 4 aromatic rings. The minimum absolute atomic E-state index is 0.0361. The molecular weight excluding hydrogens is 549 g/mol. The number of carbonyl (C=O) groups excluding carboxylic acids is 1. The molecule has 222 valence electrons. The first-order chi connectivity index (χ1) is 19.9. The lowest BCUT2D eigenvalue weighted by atomic mass is 9.90. The van der Waals surface area contributed by atoms with Crippen molar-refractivity contribution in [2.45, 2.75) is 56.5 Å². The Morgan fingerprint density at radius 2 is 1.69 bits per heavy atom. The number of rotatable bonds is 7. The molecule has 1 aliphatic heterocycles. The van der Waals surface area contributed by atoms with Gasteiger partial charge in [0, 0.05) is 38.2 Å². The summed E-state index contributed by atoms with van der Waals surface area (Å²) in [5, 5.41) is 15.7. The van der Waals surface area contributed by atoms with Crippen molar-refractivity contribution in [3.05, 3.63) is 82.4 Å². The Hall–Kier alpha value is -4.03. The van der Waals surface area contributed by atoms with Crippen LogP contribution in [0.15, 0.2) is 65.7 Å². The fourth-order valence-electron chi connectivity index (χ4n) is 5.53. The van der Waals surface area contributed by atoms with E-state index in [0.717, 1.165) is 11.1 Å². The van der Waals surface area contributed by atoms with Crippen molar-refractivity contribution in [1.29, 1.82) is 0 Å². The van der Waals surface area contributed by atoms with Crippen LogP contribution in [0.3, 0.4) is 0 Å². The lowest BCUT2D eigenvalue weighted by Gasteiger charge is -2.39. The number of benzene rings is 2. The highest BCUT2D eigenvalue weighted by atomic mass is 19.4. The van der Waals surface area contributed by atoms with Gasteiger partial charge in [0.1, 0.15) is 5.52 Å². The van der Waals surface area contributed by atoms with Gasteiger partial charge >= 0.3 is 6.18 Å². The highest BCUT2D eigenvalue weighted by Crippen LogP contribution is 2.38. The molecule has 3 heterocycles. The minimum Gasteiger partial charge on any atom is -0.388 e. The summed E-state index contributed by atoms with van der Waals surface area (Å²) in [6.07, 6.45) is -3.70. The maximum absolute atomic E-state index is 13.8. The molecule has 1 amide bonds. The van der Waals surface area contributed by atoms with E-state index in [4.69, 9.17) is 5.73 Å². The Bertz CT molecular complexity index is 1620. The van der Waals surface area contributed by atoms with Gasteiger partial charge in [-0.15, -0.1) is 0 Å². The summed E-state index contributed by atoms with van der Waals surface area (Å²) in [6, 6.07) is 14.9. The highest BCUT2D eigenvalue weighted by Gasteiger charge is 2.43. The van der Waals surface area contributed by atoms with Crippen molar-refractivity contribution in [3.63, 3.8) is 0 Å². The molecule has 1 saturated heterocycles. The monoisotopic (exact) mass is 582 g/mol. The van der Waals surface area contributed by atoms with Gasteiger partial charge in [-0.2, -0.15) is 18.3 Å². The number of fused-ring (bicyclic) bond motifs is 1. The molecule has 1 fully saturated rings. The van der Waals surface area contributed by atoms with Crippen LogP contribution >= 0.6 is 0 Å². The summed E-state index contributed by atoms with van der Waals surface area (Å²) in [4.78, 5) is 32.1. The number of aryl methyl sites for hydroxylation is 1. The Morgan fingerprint density at radius 3 is 2.29 bits per heavy atom. The molecule has 2 aromatic carbocycles. The van der Waals surface area contributed by atoms with Crippen LogP contribution in [0.25, 0.3) is 22.3 Å². The van der Waals surface area contributed by atoms with E-state index in [1.54, 1.807) is 17.8 Å². The summed E-state index contributed by atoms with van der Waals surface area (Å²) in [7, 11) is 1.72. The van der Waals surface area contributed by atoms with E-state index >= 15 is 0 Å². The van der Waals surface area contributed by atoms with Gasteiger partial charge in [0.2, 0.25) is 5.91 Å². The topological polar surface area (TPSA) is 119 Å². The van der Waals surface area contributed by atoms with Crippen molar-refractivity contribution in [2.24, 2.45) is 12.8 Å². The van der Waals surface area contributed by atoms with E-state index < -0.39 is 35.6 Å². The number of aromatic nitrogens is 4. The maximum Gasteiger partial charge on any atom is 0.396 e. The van der Waals surface area contributed by atoms with E-state index in [-0.39, 0.29) is 49.6 Å². The second kappa shape index (κ2) is 11.3. The number of nitrogens with zero attached hydrogens (tertiary/aromatic N) is 5. The molecule has 0 bridgehead atoms. The van der Waals surface area contributed by atoms with Crippen LogP contribution in [0.4, 0.5) is 13.2 Å². The zero-order valence-electron chi connectivity index (χ0n) is 23.4. The smallest absolute Gasteiger partial charge is 0.388 e. The lowest BCUT2D eigenvalue weighted by molar-refractivity contribution is -0.162. The summed E-state index contributed by atoms with van der Waals surface area (Å²) < 4.78 is 44.2. The molecule has 0 spiro atoms.